The number of Topliss-reactive ketones (excluding diaryl/α,β-unsaturated/α-hetero) is 1. The normalized spacial score (nSPS) is 11.1. The molecule has 0 N–H and O–H groups in total. The van der Waals surface area contributed by atoms with Gasteiger partial charge in [0.15, 0.2) is 20.5 Å². The molecule has 0 fully saturated rings. The summed E-state index contributed by atoms with van der Waals surface area (Å²) in [5.74, 6) is 1.73. The Balaban J connectivity index is 1.71. The molecule has 0 unspecified atom stereocenters. The number of aryl methyl sites for hydroxylation is 1. The van der Waals surface area contributed by atoms with Crippen molar-refractivity contribution in [2.75, 3.05) is 14.2 Å². The van der Waals surface area contributed by atoms with Crippen LogP contribution in [0.25, 0.3) is 21.7 Å². The minimum Gasteiger partial charge on any atom is -0.497 e. The molecule has 3 aromatic carbocycles. The topological polar surface area (TPSA) is 75.3 Å². The van der Waals surface area contributed by atoms with Gasteiger partial charge in [-0.15, -0.1) is 0 Å². The van der Waals surface area contributed by atoms with Gasteiger partial charge in [0.2, 0.25) is 0 Å². The number of benzene rings is 3. The maximum absolute atomic E-state index is 14.0. The quantitative estimate of drug-likeness (QED) is 0.0873. The van der Waals surface area contributed by atoms with Crippen LogP contribution in [0.2, 0.25) is 0 Å². The summed E-state index contributed by atoms with van der Waals surface area (Å²) >= 11 is 8.33. The highest BCUT2D eigenvalue weighted by molar-refractivity contribution is 7.98. The number of aromatic nitrogens is 3. The maximum Gasteiger partial charge on any atom is 0.278 e. The minimum absolute atomic E-state index is 0.0319. The zero-order chi connectivity index (χ0) is 27.7. The summed E-state index contributed by atoms with van der Waals surface area (Å²) in [5.41, 5.74) is 4.26. The Hall–Kier alpha value is -3.73. The molecule has 0 saturated carbocycles. The van der Waals surface area contributed by atoms with E-state index in [1.807, 2.05) is 61.5 Å². The highest BCUT2D eigenvalue weighted by Crippen LogP contribution is 2.32. The van der Waals surface area contributed by atoms with E-state index >= 15 is 0 Å². The summed E-state index contributed by atoms with van der Waals surface area (Å²) < 4.78 is 15.4. The molecule has 198 valence electrons. The number of hydrogen-bond donors (Lipinski definition) is 0. The van der Waals surface area contributed by atoms with Crippen LogP contribution < -0.4 is 15.0 Å². The first-order valence-electron chi connectivity index (χ1n) is 12.0. The molecule has 10 heteroatoms. The van der Waals surface area contributed by atoms with Crippen molar-refractivity contribution in [1.82, 2.24) is 14.1 Å². The van der Waals surface area contributed by atoms with E-state index in [4.69, 9.17) is 26.7 Å². The monoisotopic (exact) mass is 575 g/mol. The molecule has 0 spiro atoms. The Morgan fingerprint density at radius 1 is 1.00 bits per heavy atom. The van der Waals surface area contributed by atoms with Gasteiger partial charge in [0.25, 0.3) is 5.56 Å². The zero-order valence-corrected chi connectivity index (χ0v) is 24.2. The molecule has 0 amide bonds. The van der Waals surface area contributed by atoms with Gasteiger partial charge in [-0.1, -0.05) is 46.9 Å². The smallest absolute Gasteiger partial charge is 0.278 e. The summed E-state index contributed by atoms with van der Waals surface area (Å²) in [7, 11) is 3.20. The molecule has 0 bridgehead atoms. The number of carbonyl (C=O) groups is 1. The Labute approximate surface area is 238 Å². The van der Waals surface area contributed by atoms with Crippen LogP contribution in [-0.4, -0.2) is 34.1 Å². The van der Waals surface area contributed by atoms with Crippen molar-refractivity contribution in [2.45, 2.75) is 24.8 Å². The number of thiazole rings is 1. The second-order valence-electron chi connectivity index (χ2n) is 8.80. The van der Waals surface area contributed by atoms with Crippen LogP contribution in [0, 0.1) is 10.9 Å². The molecule has 5 aromatic rings. The summed E-state index contributed by atoms with van der Waals surface area (Å²) in [6.45, 7) is 3.53. The number of methoxy groups -OCH3 is 2. The standard InChI is InChI=1S/C29H25N3O4S3/c1-17-8-11-21(12-9-17)32-27(34)25-26(31(29(37)39-25)22-6-5-7-23(15-22)35-3)30-28(32)38-16-20-14-19(18(2)33)10-13-24(20)36-4/h5-15H,16H2,1-4H3. The number of ether oxygens (including phenoxy) is 2. The van der Waals surface area contributed by atoms with E-state index in [1.54, 1.807) is 35.5 Å². The van der Waals surface area contributed by atoms with Crippen LogP contribution >= 0.6 is 35.3 Å². The molecular weight excluding hydrogens is 551 g/mol. The molecule has 7 nitrogen and oxygen atoms in total. The number of rotatable bonds is 8. The third-order valence-electron chi connectivity index (χ3n) is 6.22. The molecule has 0 aliphatic rings. The summed E-state index contributed by atoms with van der Waals surface area (Å²) in [4.78, 5) is 31.0. The van der Waals surface area contributed by atoms with E-state index in [0.29, 0.717) is 48.0 Å². The van der Waals surface area contributed by atoms with Crippen molar-refractivity contribution in [3.8, 4) is 22.9 Å². The lowest BCUT2D eigenvalue weighted by Gasteiger charge is -2.14. The Morgan fingerprint density at radius 3 is 2.46 bits per heavy atom. The Morgan fingerprint density at radius 2 is 1.77 bits per heavy atom. The van der Waals surface area contributed by atoms with Gasteiger partial charge < -0.3 is 9.47 Å². The van der Waals surface area contributed by atoms with E-state index < -0.39 is 0 Å². The van der Waals surface area contributed by atoms with Crippen LogP contribution in [0.1, 0.15) is 28.4 Å². The fourth-order valence-corrected chi connectivity index (χ4v) is 6.47. The van der Waals surface area contributed by atoms with Gasteiger partial charge in [-0.3, -0.25) is 18.7 Å². The van der Waals surface area contributed by atoms with Gasteiger partial charge in [0.1, 0.15) is 16.2 Å². The SMILES string of the molecule is COc1cccc(-n2c(=S)sc3c(=O)n(-c4ccc(C)cc4)c(SCc4cc(C(C)=O)ccc4OC)nc32)c1. The van der Waals surface area contributed by atoms with Crippen molar-refractivity contribution in [3.05, 3.63) is 97.7 Å². The first-order valence-corrected chi connectivity index (χ1v) is 14.2. The summed E-state index contributed by atoms with van der Waals surface area (Å²) in [6, 6.07) is 20.6. The number of fused-ring (bicyclic) bond motifs is 1. The van der Waals surface area contributed by atoms with Gasteiger partial charge in [0.05, 0.1) is 25.6 Å². The van der Waals surface area contributed by atoms with Crippen LogP contribution in [0.15, 0.2) is 76.7 Å². The second-order valence-corrected chi connectivity index (χ2v) is 11.4. The molecule has 39 heavy (non-hydrogen) atoms. The van der Waals surface area contributed by atoms with Crippen LogP contribution in [0.3, 0.4) is 0 Å². The summed E-state index contributed by atoms with van der Waals surface area (Å²) in [6.07, 6.45) is 0. The van der Waals surface area contributed by atoms with E-state index in [9.17, 15) is 9.59 Å². The van der Waals surface area contributed by atoms with Crippen molar-refractivity contribution in [3.63, 3.8) is 0 Å². The van der Waals surface area contributed by atoms with Crippen molar-refractivity contribution in [1.29, 1.82) is 0 Å². The molecule has 5 rings (SSSR count). The molecule has 0 radical (unpaired) electrons. The molecule has 0 saturated heterocycles. The van der Waals surface area contributed by atoms with Crippen LogP contribution in [0.4, 0.5) is 0 Å². The minimum atomic E-state index is -0.200. The summed E-state index contributed by atoms with van der Waals surface area (Å²) in [5, 5.41) is 0.496. The van der Waals surface area contributed by atoms with Gasteiger partial charge in [0, 0.05) is 22.9 Å². The van der Waals surface area contributed by atoms with Gasteiger partial charge in [-0.25, -0.2) is 4.98 Å². The number of nitrogens with zero attached hydrogens (tertiary/aromatic N) is 3. The van der Waals surface area contributed by atoms with Crippen LogP contribution in [0.5, 0.6) is 11.5 Å². The lowest BCUT2D eigenvalue weighted by Crippen LogP contribution is -2.21. The molecule has 0 aliphatic carbocycles. The number of hydrogen-bond acceptors (Lipinski definition) is 8. The van der Waals surface area contributed by atoms with Crippen molar-refractivity contribution in [2.24, 2.45) is 0 Å². The number of ketones is 1. The van der Waals surface area contributed by atoms with Gasteiger partial charge >= 0.3 is 0 Å². The van der Waals surface area contributed by atoms with E-state index in [2.05, 4.69) is 0 Å². The lowest BCUT2D eigenvalue weighted by atomic mass is 10.1. The lowest BCUT2D eigenvalue weighted by molar-refractivity contribution is 0.101. The van der Waals surface area contributed by atoms with Crippen molar-refractivity contribution < 1.29 is 14.3 Å². The average molecular weight is 576 g/mol. The van der Waals surface area contributed by atoms with E-state index in [1.165, 1.54) is 30.0 Å². The second kappa shape index (κ2) is 11.2. The molecule has 2 aromatic heterocycles. The molecular formula is C29H25N3O4S3. The first kappa shape index (κ1) is 26.9. The fraction of sp³-hybridized carbons (Fsp3) is 0.172. The Kier molecular flexibility index (Phi) is 7.69. The fourth-order valence-electron chi connectivity index (χ4n) is 4.18. The molecule has 0 atom stereocenters. The predicted octanol–water partition coefficient (Wildman–Crippen LogP) is 6.79. The molecule has 0 aliphatic heterocycles. The maximum atomic E-state index is 14.0. The number of thioether (sulfide) groups is 1. The van der Waals surface area contributed by atoms with Gasteiger partial charge in [-0.2, -0.15) is 0 Å². The third-order valence-corrected chi connectivity index (χ3v) is 8.56. The average Bonchev–Trinajstić information content (AvgIpc) is 3.28. The molecule has 2 heterocycles. The first-order chi connectivity index (χ1) is 18.8. The zero-order valence-electron chi connectivity index (χ0n) is 21.8. The van der Waals surface area contributed by atoms with E-state index in [-0.39, 0.29) is 11.3 Å². The largest absolute Gasteiger partial charge is 0.497 e. The predicted molar refractivity (Wildman–Crippen MR) is 159 cm³/mol. The van der Waals surface area contributed by atoms with E-state index in [0.717, 1.165) is 16.8 Å². The third kappa shape index (κ3) is 5.27. The van der Waals surface area contributed by atoms with Crippen molar-refractivity contribution >= 4 is 51.4 Å². The highest BCUT2D eigenvalue weighted by atomic mass is 32.2. The highest BCUT2D eigenvalue weighted by Gasteiger charge is 2.20. The Bertz CT molecular complexity index is 1820. The van der Waals surface area contributed by atoms with Gasteiger partial charge in [-0.05, 0) is 68.5 Å². The van der Waals surface area contributed by atoms with Crippen LogP contribution in [-0.2, 0) is 5.75 Å². The number of carbonyl (C=O) groups excluding carboxylic acids is 1.